The molecule has 0 radical (unpaired) electrons. The van der Waals surface area contributed by atoms with Crippen molar-refractivity contribution in [3.63, 3.8) is 0 Å². The van der Waals surface area contributed by atoms with Gasteiger partial charge in [0.1, 0.15) is 17.5 Å². The van der Waals surface area contributed by atoms with E-state index in [0.29, 0.717) is 12.0 Å². The van der Waals surface area contributed by atoms with Gasteiger partial charge >= 0.3 is 0 Å². The Morgan fingerprint density at radius 2 is 1.76 bits per heavy atom. The lowest BCUT2D eigenvalue weighted by molar-refractivity contribution is 0.122. The molecule has 8 heteroatoms. The monoisotopic (exact) mass is 341 g/mol. The van der Waals surface area contributed by atoms with Crippen LogP contribution >= 0.6 is 0 Å². The standard InChI is InChI=1S/C17H23N7O/c1-13-18-5-2-15(20-13)24-7-4-14(12-24)21-17-19-6-3-16(22-17)23-8-10-25-11-9-23/h2-3,5-6,14H,4,7-12H2,1H3,(H,19,21,22). The molecule has 0 spiro atoms. The van der Waals surface area contributed by atoms with Gasteiger partial charge in [-0.3, -0.25) is 0 Å². The van der Waals surface area contributed by atoms with E-state index in [1.165, 1.54) is 0 Å². The Kier molecular flexibility index (Phi) is 4.60. The summed E-state index contributed by atoms with van der Waals surface area (Å²) >= 11 is 0. The molecule has 2 aromatic heterocycles. The second kappa shape index (κ2) is 7.18. The molecule has 4 heterocycles. The summed E-state index contributed by atoms with van der Waals surface area (Å²) in [5, 5.41) is 3.47. The van der Waals surface area contributed by atoms with Crippen LogP contribution in [0.5, 0.6) is 0 Å². The molecule has 0 saturated carbocycles. The first kappa shape index (κ1) is 16.0. The largest absolute Gasteiger partial charge is 0.378 e. The zero-order chi connectivity index (χ0) is 17.1. The molecule has 1 atom stereocenters. The van der Waals surface area contributed by atoms with Crippen molar-refractivity contribution in [1.82, 2.24) is 19.9 Å². The molecular formula is C17H23N7O. The molecule has 1 N–H and O–H groups in total. The molecule has 25 heavy (non-hydrogen) atoms. The predicted molar refractivity (Wildman–Crippen MR) is 96.1 cm³/mol. The molecule has 4 rings (SSSR count). The average Bonchev–Trinajstić information content (AvgIpc) is 3.11. The van der Waals surface area contributed by atoms with Gasteiger partial charge in [-0.05, 0) is 25.5 Å². The van der Waals surface area contributed by atoms with Crippen molar-refractivity contribution in [1.29, 1.82) is 0 Å². The highest BCUT2D eigenvalue weighted by Gasteiger charge is 2.24. The first-order valence-electron chi connectivity index (χ1n) is 8.75. The quantitative estimate of drug-likeness (QED) is 0.886. The molecule has 8 nitrogen and oxygen atoms in total. The molecule has 2 saturated heterocycles. The van der Waals surface area contributed by atoms with E-state index < -0.39 is 0 Å². The van der Waals surface area contributed by atoms with E-state index >= 15 is 0 Å². The van der Waals surface area contributed by atoms with Crippen molar-refractivity contribution in [2.75, 3.05) is 54.5 Å². The molecule has 2 aliphatic rings. The van der Waals surface area contributed by atoms with Gasteiger partial charge in [0.15, 0.2) is 0 Å². The van der Waals surface area contributed by atoms with Crippen LogP contribution in [0.1, 0.15) is 12.2 Å². The van der Waals surface area contributed by atoms with Gasteiger partial charge in [0.2, 0.25) is 5.95 Å². The molecule has 0 bridgehead atoms. The minimum Gasteiger partial charge on any atom is -0.378 e. The molecule has 0 aliphatic carbocycles. The van der Waals surface area contributed by atoms with Crippen LogP contribution in [0.4, 0.5) is 17.6 Å². The first-order chi connectivity index (χ1) is 12.3. The molecule has 2 aliphatic heterocycles. The zero-order valence-electron chi connectivity index (χ0n) is 14.4. The van der Waals surface area contributed by atoms with E-state index in [0.717, 1.165) is 63.3 Å². The third-order valence-corrected chi connectivity index (χ3v) is 4.58. The minimum atomic E-state index is 0.315. The Hall–Kier alpha value is -2.48. The fourth-order valence-electron chi connectivity index (χ4n) is 3.28. The third kappa shape index (κ3) is 3.79. The van der Waals surface area contributed by atoms with E-state index in [1.54, 1.807) is 0 Å². The highest BCUT2D eigenvalue weighted by atomic mass is 16.5. The number of hydrogen-bond donors (Lipinski definition) is 1. The average molecular weight is 341 g/mol. The number of morpholine rings is 1. The van der Waals surface area contributed by atoms with Gasteiger partial charge in [0, 0.05) is 44.6 Å². The van der Waals surface area contributed by atoms with Crippen molar-refractivity contribution < 1.29 is 4.74 Å². The maximum atomic E-state index is 5.40. The Morgan fingerprint density at radius 3 is 2.56 bits per heavy atom. The Balaban J connectivity index is 1.39. The lowest BCUT2D eigenvalue weighted by Gasteiger charge is -2.28. The van der Waals surface area contributed by atoms with Crippen molar-refractivity contribution in [3.8, 4) is 0 Å². The van der Waals surface area contributed by atoms with Crippen LogP contribution in [-0.2, 0) is 4.74 Å². The van der Waals surface area contributed by atoms with E-state index in [1.807, 2.05) is 31.5 Å². The molecule has 2 aromatic rings. The van der Waals surface area contributed by atoms with Crippen molar-refractivity contribution >= 4 is 17.6 Å². The zero-order valence-corrected chi connectivity index (χ0v) is 14.4. The van der Waals surface area contributed by atoms with E-state index in [4.69, 9.17) is 4.74 Å². The van der Waals surface area contributed by atoms with Gasteiger partial charge in [-0.25, -0.2) is 15.0 Å². The van der Waals surface area contributed by atoms with E-state index in [9.17, 15) is 0 Å². The summed E-state index contributed by atoms with van der Waals surface area (Å²) < 4.78 is 5.40. The number of rotatable bonds is 4. The van der Waals surface area contributed by atoms with Gasteiger partial charge in [0.25, 0.3) is 0 Å². The number of aromatic nitrogens is 4. The van der Waals surface area contributed by atoms with Gasteiger partial charge < -0.3 is 19.9 Å². The molecule has 1 unspecified atom stereocenters. The normalized spacial score (nSPS) is 20.8. The lowest BCUT2D eigenvalue weighted by Crippen LogP contribution is -2.37. The summed E-state index contributed by atoms with van der Waals surface area (Å²) in [4.78, 5) is 22.2. The highest BCUT2D eigenvalue weighted by molar-refractivity contribution is 5.45. The number of ether oxygens (including phenoxy) is 1. The number of nitrogens with one attached hydrogen (secondary N) is 1. The van der Waals surface area contributed by atoms with Crippen molar-refractivity contribution in [2.45, 2.75) is 19.4 Å². The summed E-state index contributed by atoms with van der Waals surface area (Å²) in [5.41, 5.74) is 0. The molecule has 0 aromatic carbocycles. The van der Waals surface area contributed by atoms with Crippen LogP contribution < -0.4 is 15.1 Å². The van der Waals surface area contributed by atoms with Crippen molar-refractivity contribution in [3.05, 3.63) is 30.4 Å². The number of hydrogen-bond acceptors (Lipinski definition) is 8. The summed E-state index contributed by atoms with van der Waals surface area (Å²) in [6, 6.07) is 4.24. The maximum absolute atomic E-state index is 5.40. The Bertz CT molecular complexity index is 720. The second-order valence-electron chi connectivity index (χ2n) is 6.38. The van der Waals surface area contributed by atoms with Crippen molar-refractivity contribution in [2.24, 2.45) is 0 Å². The fraction of sp³-hybridized carbons (Fsp3) is 0.529. The molecule has 2 fully saturated rings. The van der Waals surface area contributed by atoms with Gasteiger partial charge in [-0.2, -0.15) is 4.98 Å². The topological polar surface area (TPSA) is 79.3 Å². The van der Waals surface area contributed by atoms with Crippen LogP contribution in [0.2, 0.25) is 0 Å². The minimum absolute atomic E-state index is 0.315. The smallest absolute Gasteiger partial charge is 0.224 e. The van der Waals surface area contributed by atoms with Gasteiger partial charge in [-0.1, -0.05) is 0 Å². The van der Waals surface area contributed by atoms with Crippen LogP contribution in [0.15, 0.2) is 24.5 Å². The summed E-state index contributed by atoms with van der Waals surface area (Å²) in [6.07, 6.45) is 4.67. The number of anilines is 3. The predicted octanol–water partition coefficient (Wildman–Crippen LogP) is 1.10. The van der Waals surface area contributed by atoms with Crippen LogP contribution in [0.3, 0.4) is 0 Å². The Morgan fingerprint density at radius 1 is 1.00 bits per heavy atom. The van der Waals surface area contributed by atoms with Gasteiger partial charge in [-0.15, -0.1) is 0 Å². The number of nitrogens with zero attached hydrogens (tertiary/aromatic N) is 6. The first-order valence-corrected chi connectivity index (χ1v) is 8.75. The molecular weight excluding hydrogens is 318 g/mol. The maximum Gasteiger partial charge on any atom is 0.224 e. The summed E-state index contributed by atoms with van der Waals surface area (Å²) in [5.74, 6) is 3.44. The molecule has 132 valence electrons. The van der Waals surface area contributed by atoms with Crippen LogP contribution in [0, 0.1) is 6.92 Å². The summed E-state index contributed by atoms with van der Waals surface area (Å²) in [7, 11) is 0. The fourth-order valence-corrected chi connectivity index (χ4v) is 3.28. The second-order valence-corrected chi connectivity index (χ2v) is 6.38. The third-order valence-electron chi connectivity index (χ3n) is 4.58. The SMILES string of the molecule is Cc1nccc(N2CCC(Nc3nccc(N4CCOCC4)n3)C2)n1. The number of aryl methyl sites for hydroxylation is 1. The Labute approximate surface area is 147 Å². The lowest BCUT2D eigenvalue weighted by atomic mass is 10.3. The highest BCUT2D eigenvalue weighted by Crippen LogP contribution is 2.20. The van der Waals surface area contributed by atoms with Crippen LogP contribution in [0.25, 0.3) is 0 Å². The van der Waals surface area contributed by atoms with Crippen LogP contribution in [-0.4, -0.2) is 65.4 Å². The van der Waals surface area contributed by atoms with E-state index in [2.05, 4.69) is 35.1 Å². The summed E-state index contributed by atoms with van der Waals surface area (Å²) in [6.45, 7) is 7.03. The molecule has 0 amide bonds. The van der Waals surface area contributed by atoms with Gasteiger partial charge in [0.05, 0.1) is 13.2 Å². The van der Waals surface area contributed by atoms with E-state index in [-0.39, 0.29) is 0 Å².